The van der Waals surface area contributed by atoms with E-state index in [9.17, 15) is 0 Å². The highest BCUT2D eigenvalue weighted by Crippen LogP contribution is 2.40. The average molecular weight is 671 g/mol. The first-order chi connectivity index (χ1) is 25.7. The van der Waals surface area contributed by atoms with Crippen LogP contribution >= 0.6 is 0 Å². The standard InChI is InChI=1S/C45H26N4O3/c1-2-10-29(11-3-1)49(30-20-23-42-36(26-30)33-14-6-9-17-39(33)52-42)45-47-43(27-18-21-40-34(24-27)31-12-4-7-15-37(31)50-40)46-44(48-45)28-19-22-41-35(25-28)32-13-5-8-16-38(32)51-41/h1-26H. The molecule has 0 saturated carbocycles. The van der Waals surface area contributed by atoms with E-state index in [4.69, 9.17) is 28.2 Å². The summed E-state index contributed by atoms with van der Waals surface area (Å²) in [6.45, 7) is 0. The van der Waals surface area contributed by atoms with E-state index in [-0.39, 0.29) is 0 Å². The van der Waals surface area contributed by atoms with Gasteiger partial charge in [-0.05, 0) is 84.9 Å². The van der Waals surface area contributed by atoms with Gasteiger partial charge >= 0.3 is 0 Å². The Morgan fingerprint density at radius 1 is 0.327 bits per heavy atom. The van der Waals surface area contributed by atoms with Gasteiger partial charge in [-0.15, -0.1) is 0 Å². The Labute approximate surface area is 296 Å². The molecule has 244 valence electrons. The average Bonchev–Trinajstić information content (AvgIpc) is 3.89. The summed E-state index contributed by atoms with van der Waals surface area (Å²) in [6, 6.07) is 52.8. The summed E-state index contributed by atoms with van der Waals surface area (Å²) in [5.74, 6) is 1.56. The zero-order valence-corrected chi connectivity index (χ0v) is 27.5. The van der Waals surface area contributed by atoms with Gasteiger partial charge in [-0.25, -0.2) is 4.98 Å². The fraction of sp³-hybridized carbons (Fsp3) is 0. The van der Waals surface area contributed by atoms with Crippen LogP contribution in [0.15, 0.2) is 171 Å². The van der Waals surface area contributed by atoms with Crippen molar-refractivity contribution in [3.05, 3.63) is 158 Å². The molecule has 0 atom stereocenters. The normalized spacial score (nSPS) is 11.8. The minimum Gasteiger partial charge on any atom is -0.456 e. The van der Waals surface area contributed by atoms with Crippen molar-refractivity contribution < 1.29 is 13.3 Å². The summed E-state index contributed by atoms with van der Waals surface area (Å²) in [7, 11) is 0. The lowest BCUT2D eigenvalue weighted by Crippen LogP contribution is -2.15. The maximum Gasteiger partial charge on any atom is 0.238 e. The van der Waals surface area contributed by atoms with Crippen molar-refractivity contribution in [2.45, 2.75) is 0 Å². The minimum atomic E-state index is 0.479. The molecule has 0 aliphatic carbocycles. The first kappa shape index (κ1) is 28.6. The van der Waals surface area contributed by atoms with E-state index in [2.05, 4.69) is 53.4 Å². The molecule has 0 unspecified atom stereocenters. The van der Waals surface area contributed by atoms with Crippen LogP contribution in [0.4, 0.5) is 17.3 Å². The number of hydrogen-bond acceptors (Lipinski definition) is 7. The van der Waals surface area contributed by atoms with E-state index >= 15 is 0 Å². The zero-order chi connectivity index (χ0) is 34.2. The van der Waals surface area contributed by atoms with Crippen LogP contribution in [0.5, 0.6) is 0 Å². The number of rotatable bonds is 5. The SMILES string of the molecule is c1ccc(N(c2ccc3oc4ccccc4c3c2)c2nc(-c3ccc4oc5ccccc5c4c3)nc(-c3ccc4oc5ccccc5c4c3)n2)cc1. The van der Waals surface area contributed by atoms with E-state index < -0.39 is 0 Å². The fourth-order valence-electron chi connectivity index (χ4n) is 7.26. The van der Waals surface area contributed by atoms with Gasteiger partial charge in [0.25, 0.3) is 0 Å². The zero-order valence-electron chi connectivity index (χ0n) is 27.5. The molecule has 7 aromatic carbocycles. The molecule has 4 heterocycles. The second-order valence-electron chi connectivity index (χ2n) is 12.9. The Kier molecular flexibility index (Phi) is 6.12. The topological polar surface area (TPSA) is 81.3 Å². The van der Waals surface area contributed by atoms with Crippen LogP contribution in [0.3, 0.4) is 0 Å². The Morgan fingerprint density at radius 2 is 0.750 bits per heavy atom. The monoisotopic (exact) mass is 670 g/mol. The summed E-state index contributed by atoms with van der Waals surface area (Å²) in [6.07, 6.45) is 0. The molecular formula is C45H26N4O3. The fourth-order valence-corrected chi connectivity index (χ4v) is 7.26. The summed E-state index contributed by atoms with van der Waals surface area (Å²) < 4.78 is 18.5. The number of benzene rings is 7. The van der Waals surface area contributed by atoms with Gasteiger partial charge < -0.3 is 13.3 Å². The molecule has 52 heavy (non-hydrogen) atoms. The molecule has 7 nitrogen and oxygen atoms in total. The number of aromatic nitrogens is 3. The van der Waals surface area contributed by atoms with Gasteiger partial charge in [0.05, 0.1) is 0 Å². The lowest BCUT2D eigenvalue weighted by Gasteiger charge is -2.24. The van der Waals surface area contributed by atoms with Gasteiger partial charge in [-0.2, -0.15) is 9.97 Å². The molecule has 0 fully saturated rings. The molecule has 11 aromatic rings. The van der Waals surface area contributed by atoms with Crippen LogP contribution in [0.25, 0.3) is 88.6 Å². The maximum atomic E-state index is 6.20. The Bertz CT molecular complexity index is 3030. The van der Waals surface area contributed by atoms with E-state index in [1.165, 1.54) is 0 Å². The molecular weight excluding hydrogens is 645 g/mol. The van der Waals surface area contributed by atoms with Gasteiger partial charge in [0.1, 0.15) is 33.5 Å². The maximum absolute atomic E-state index is 6.20. The molecule has 0 aliphatic rings. The number of anilines is 3. The van der Waals surface area contributed by atoms with Gasteiger partial charge in [0.2, 0.25) is 5.95 Å². The molecule has 11 rings (SSSR count). The third-order valence-electron chi connectivity index (χ3n) is 9.73. The smallest absolute Gasteiger partial charge is 0.238 e. The Morgan fingerprint density at radius 3 is 1.27 bits per heavy atom. The number of para-hydroxylation sites is 4. The largest absolute Gasteiger partial charge is 0.456 e. The first-order valence-corrected chi connectivity index (χ1v) is 17.1. The highest BCUT2D eigenvalue weighted by atomic mass is 16.3. The third-order valence-corrected chi connectivity index (χ3v) is 9.73. The summed E-state index contributed by atoms with van der Waals surface area (Å²) in [4.78, 5) is 17.7. The Hall–Kier alpha value is -7.25. The van der Waals surface area contributed by atoms with Crippen LogP contribution < -0.4 is 4.90 Å². The number of furan rings is 3. The molecule has 4 aromatic heterocycles. The van der Waals surface area contributed by atoms with Crippen LogP contribution in [0, 0.1) is 0 Å². The second kappa shape index (κ2) is 11.1. The summed E-state index contributed by atoms with van der Waals surface area (Å²) in [5, 5.41) is 6.14. The van der Waals surface area contributed by atoms with Crippen LogP contribution in [-0.2, 0) is 0 Å². The molecule has 0 saturated heterocycles. The second-order valence-corrected chi connectivity index (χ2v) is 12.9. The van der Waals surface area contributed by atoms with Crippen molar-refractivity contribution in [3.63, 3.8) is 0 Å². The van der Waals surface area contributed by atoms with E-state index in [0.717, 1.165) is 88.3 Å². The Balaban J connectivity index is 1.17. The summed E-state index contributed by atoms with van der Waals surface area (Å²) >= 11 is 0. The lowest BCUT2D eigenvalue weighted by atomic mass is 10.1. The van der Waals surface area contributed by atoms with Crippen molar-refractivity contribution in [1.29, 1.82) is 0 Å². The molecule has 0 amide bonds. The highest BCUT2D eigenvalue weighted by molar-refractivity contribution is 6.08. The van der Waals surface area contributed by atoms with E-state index in [1.807, 2.05) is 109 Å². The van der Waals surface area contributed by atoms with Gasteiger partial charge in [0.15, 0.2) is 11.6 Å². The van der Waals surface area contributed by atoms with E-state index in [1.54, 1.807) is 0 Å². The number of nitrogens with zero attached hydrogens (tertiary/aromatic N) is 4. The van der Waals surface area contributed by atoms with Crippen LogP contribution in [0.1, 0.15) is 0 Å². The van der Waals surface area contributed by atoms with Crippen LogP contribution in [0.2, 0.25) is 0 Å². The quantitative estimate of drug-likeness (QED) is 0.180. The predicted molar refractivity (Wildman–Crippen MR) is 207 cm³/mol. The van der Waals surface area contributed by atoms with Gasteiger partial charge in [0, 0.05) is 54.8 Å². The molecule has 0 radical (unpaired) electrons. The van der Waals surface area contributed by atoms with Crippen molar-refractivity contribution in [1.82, 2.24) is 15.0 Å². The number of fused-ring (bicyclic) bond motifs is 9. The van der Waals surface area contributed by atoms with Crippen LogP contribution in [-0.4, -0.2) is 15.0 Å². The molecule has 0 aliphatic heterocycles. The van der Waals surface area contributed by atoms with E-state index in [0.29, 0.717) is 17.6 Å². The van der Waals surface area contributed by atoms with Crippen molar-refractivity contribution >= 4 is 83.1 Å². The molecule has 0 spiro atoms. The highest BCUT2D eigenvalue weighted by Gasteiger charge is 2.22. The summed E-state index contributed by atoms with van der Waals surface area (Å²) in [5.41, 5.74) is 8.45. The minimum absolute atomic E-state index is 0.479. The van der Waals surface area contributed by atoms with Crippen molar-refractivity contribution in [3.8, 4) is 22.8 Å². The molecule has 0 bridgehead atoms. The van der Waals surface area contributed by atoms with Gasteiger partial charge in [-0.1, -0.05) is 72.8 Å². The molecule has 7 heteroatoms. The van der Waals surface area contributed by atoms with Crippen molar-refractivity contribution in [2.24, 2.45) is 0 Å². The third kappa shape index (κ3) is 4.50. The lowest BCUT2D eigenvalue weighted by molar-refractivity contribution is 0.668. The van der Waals surface area contributed by atoms with Gasteiger partial charge in [-0.3, -0.25) is 4.90 Å². The predicted octanol–water partition coefficient (Wildman–Crippen LogP) is 12.4. The first-order valence-electron chi connectivity index (χ1n) is 17.1. The van der Waals surface area contributed by atoms with Crippen molar-refractivity contribution in [2.75, 3.05) is 4.90 Å². The molecule has 0 N–H and O–H groups in total. The number of hydrogen-bond donors (Lipinski definition) is 0.